The molecule has 2 nitrogen and oxygen atoms in total. The zero-order valence-corrected chi connectivity index (χ0v) is 13.1. The molecular weight excluding hydrogens is 244 g/mol. The maximum absolute atomic E-state index is 4.13. The van der Waals surface area contributed by atoms with Crippen LogP contribution in [-0.4, -0.2) is 18.1 Å². The summed E-state index contributed by atoms with van der Waals surface area (Å²) in [7, 11) is 0. The first-order valence-corrected chi connectivity index (χ1v) is 8.35. The lowest BCUT2D eigenvalue weighted by Crippen LogP contribution is -2.31. The summed E-state index contributed by atoms with van der Waals surface area (Å²) in [4.78, 5) is 4.13. The van der Waals surface area contributed by atoms with Crippen LogP contribution in [-0.2, 0) is 6.42 Å². The summed E-state index contributed by atoms with van der Waals surface area (Å²) in [6, 6.07) is 4.37. The molecule has 0 bridgehead atoms. The highest BCUT2D eigenvalue weighted by molar-refractivity contribution is 5.10. The van der Waals surface area contributed by atoms with E-state index in [1.165, 1.54) is 50.6 Å². The Labute approximate surface area is 124 Å². The minimum Gasteiger partial charge on any atom is -0.316 e. The van der Waals surface area contributed by atoms with E-state index in [1.807, 2.05) is 12.4 Å². The third-order valence-electron chi connectivity index (χ3n) is 4.52. The summed E-state index contributed by atoms with van der Waals surface area (Å²) >= 11 is 0. The monoisotopic (exact) mass is 274 g/mol. The van der Waals surface area contributed by atoms with Gasteiger partial charge in [-0.2, -0.15) is 0 Å². The van der Waals surface area contributed by atoms with Gasteiger partial charge in [-0.05, 0) is 67.8 Å². The Kier molecular flexibility index (Phi) is 6.52. The van der Waals surface area contributed by atoms with Crippen molar-refractivity contribution in [2.75, 3.05) is 13.1 Å². The van der Waals surface area contributed by atoms with Crippen molar-refractivity contribution in [2.24, 2.45) is 17.8 Å². The van der Waals surface area contributed by atoms with Crippen LogP contribution >= 0.6 is 0 Å². The first kappa shape index (κ1) is 15.5. The summed E-state index contributed by atoms with van der Waals surface area (Å²) in [6.07, 6.45) is 12.1. The van der Waals surface area contributed by atoms with Crippen molar-refractivity contribution in [3.05, 3.63) is 30.1 Å². The van der Waals surface area contributed by atoms with Crippen LogP contribution in [0.2, 0.25) is 0 Å². The van der Waals surface area contributed by atoms with Gasteiger partial charge in [0, 0.05) is 12.4 Å². The molecule has 2 unspecified atom stereocenters. The molecule has 2 atom stereocenters. The van der Waals surface area contributed by atoms with Crippen molar-refractivity contribution >= 4 is 0 Å². The van der Waals surface area contributed by atoms with E-state index in [0.717, 1.165) is 24.3 Å². The number of nitrogens with one attached hydrogen (secondary N) is 1. The molecule has 1 aromatic heterocycles. The third kappa shape index (κ3) is 5.24. The second-order valence-corrected chi connectivity index (χ2v) is 6.77. The van der Waals surface area contributed by atoms with Crippen molar-refractivity contribution in [2.45, 2.75) is 52.4 Å². The number of hydrogen-bond acceptors (Lipinski definition) is 2. The molecule has 0 radical (unpaired) electrons. The molecule has 1 saturated carbocycles. The maximum Gasteiger partial charge on any atom is 0.0270 e. The SMILES string of the molecule is CC(C)CNCC1CCCCCC1Cc1ccncc1. The highest BCUT2D eigenvalue weighted by Gasteiger charge is 2.23. The van der Waals surface area contributed by atoms with Crippen molar-refractivity contribution < 1.29 is 0 Å². The van der Waals surface area contributed by atoms with E-state index in [4.69, 9.17) is 0 Å². The van der Waals surface area contributed by atoms with Gasteiger partial charge in [-0.3, -0.25) is 4.98 Å². The fourth-order valence-corrected chi connectivity index (χ4v) is 3.38. The molecule has 1 heterocycles. The van der Waals surface area contributed by atoms with Gasteiger partial charge in [0.15, 0.2) is 0 Å². The number of hydrogen-bond donors (Lipinski definition) is 1. The fourth-order valence-electron chi connectivity index (χ4n) is 3.38. The molecule has 0 amide bonds. The first-order valence-electron chi connectivity index (χ1n) is 8.35. The van der Waals surface area contributed by atoms with Crippen LogP contribution in [0.15, 0.2) is 24.5 Å². The van der Waals surface area contributed by atoms with E-state index in [0.29, 0.717) is 0 Å². The Morgan fingerprint density at radius 3 is 2.50 bits per heavy atom. The molecule has 1 N–H and O–H groups in total. The molecule has 2 rings (SSSR count). The van der Waals surface area contributed by atoms with Crippen LogP contribution in [0.4, 0.5) is 0 Å². The minimum absolute atomic E-state index is 0.749. The van der Waals surface area contributed by atoms with E-state index < -0.39 is 0 Å². The van der Waals surface area contributed by atoms with E-state index in [2.05, 4.69) is 36.3 Å². The quantitative estimate of drug-likeness (QED) is 0.791. The van der Waals surface area contributed by atoms with Crippen LogP contribution in [0.5, 0.6) is 0 Å². The lowest BCUT2D eigenvalue weighted by atomic mass is 9.83. The van der Waals surface area contributed by atoms with Crippen LogP contribution in [0, 0.1) is 17.8 Å². The molecule has 0 aliphatic heterocycles. The van der Waals surface area contributed by atoms with Gasteiger partial charge in [0.2, 0.25) is 0 Å². The standard InChI is InChI=1S/C18H30N2/c1-15(2)13-20-14-18-7-5-3-4-6-17(18)12-16-8-10-19-11-9-16/h8-11,15,17-18,20H,3-7,12-14H2,1-2H3. The maximum atomic E-state index is 4.13. The molecule has 2 heteroatoms. The minimum atomic E-state index is 0.749. The van der Waals surface area contributed by atoms with Gasteiger partial charge in [0.1, 0.15) is 0 Å². The predicted octanol–water partition coefficient (Wildman–Crippen LogP) is 4.07. The molecule has 1 aromatic rings. The average molecular weight is 274 g/mol. The van der Waals surface area contributed by atoms with Gasteiger partial charge >= 0.3 is 0 Å². The molecular formula is C18H30N2. The summed E-state index contributed by atoms with van der Waals surface area (Å²) in [6.45, 7) is 6.93. The zero-order chi connectivity index (χ0) is 14.2. The van der Waals surface area contributed by atoms with Crippen LogP contribution in [0.3, 0.4) is 0 Å². The summed E-state index contributed by atoms with van der Waals surface area (Å²) in [5, 5.41) is 3.69. The fraction of sp³-hybridized carbons (Fsp3) is 0.722. The van der Waals surface area contributed by atoms with Gasteiger partial charge in [-0.1, -0.05) is 33.1 Å². The molecule has 20 heavy (non-hydrogen) atoms. The smallest absolute Gasteiger partial charge is 0.0270 e. The molecule has 0 spiro atoms. The topological polar surface area (TPSA) is 24.9 Å². The van der Waals surface area contributed by atoms with E-state index >= 15 is 0 Å². The van der Waals surface area contributed by atoms with Crippen LogP contribution < -0.4 is 5.32 Å². The third-order valence-corrected chi connectivity index (χ3v) is 4.52. The van der Waals surface area contributed by atoms with Gasteiger partial charge in [0.25, 0.3) is 0 Å². The largest absolute Gasteiger partial charge is 0.316 e. The lowest BCUT2D eigenvalue weighted by Gasteiger charge is -2.26. The first-order chi connectivity index (χ1) is 9.75. The Bertz CT molecular complexity index is 361. The highest BCUT2D eigenvalue weighted by Crippen LogP contribution is 2.31. The molecule has 1 fully saturated rings. The molecule has 112 valence electrons. The Balaban J connectivity index is 1.90. The van der Waals surface area contributed by atoms with Gasteiger partial charge in [-0.15, -0.1) is 0 Å². The normalized spacial score (nSPS) is 23.8. The number of nitrogens with zero attached hydrogens (tertiary/aromatic N) is 1. The Morgan fingerprint density at radius 1 is 1.10 bits per heavy atom. The number of pyridine rings is 1. The second-order valence-electron chi connectivity index (χ2n) is 6.77. The molecule has 0 aromatic carbocycles. The molecule has 1 aliphatic carbocycles. The van der Waals surface area contributed by atoms with Gasteiger partial charge in [0.05, 0.1) is 0 Å². The molecule has 1 aliphatic rings. The van der Waals surface area contributed by atoms with Gasteiger partial charge < -0.3 is 5.32 Å². The zero-order valence-electron chi connectivity index (χ0n) is 13.1. The molecule has 0 saturated heterocycles. The predicted molar refractivity (Wildman–Crippen MR) is 85.7 cm³/mol. The summed E-state index contributed by atoms with van der Waals surface area (Å²) in [5.74, 6) is 2.45. The van der Waals surface area contributed by atoms with Crippen molar-refractivity contribution in [3.8, 4) is 0 Å². The summed E-state index contributed by atoms with van der Waals surface area (Å²) < 4.78 is 0. The van der Waals surface area contributed by atoms with Crippen molar-refractivity contribution in [1.29, 1.82) is 0 Å². The average Bonchev–Trinajstić information content (AvgIpc) is 2.65. The van der Waals surface area contributed by atoms with E-state index in [-0.39, 0.29) is 0 Å². The lowest BCUT2D eigenvalue weighted by molar-refractivity contribution is 0.294. The Hall–Kier alpha value is -0.890. The van der Waals surface area contributed by atoms with Crippen molar-refractivity contribution in [1.82, 2.24) is 10.3 Å². The highest BCUT2D eigenvalue weighted by atomic mass is 14.9. The van der Waals surface area contributed by atoms with Crippen molar-refractivity contribution in [3.63, 3.8) is 0 Å². The number of aromatic nitrogens is 1. The van der Waals surface area contributed by atoms with Crippen LogP contribution in [0.1, 0.15) is 51.5 Å². The Morgan fingerprint density at radius 2 is 1.80 bits per heavy atom. The second kappa shape index (κ2) is 8.41. The van der Waals surface area contributed by atoms with E-state index in [9.17, 15) is 0 Å². The summed E-state index contributed by atoms with van der Waals surface area (Å²) in [5.41, 5.74) is 1.46. The van der Waals surface area contributed by atoms with E-state index in [1.54, 1.807) is 0 Å². The van der Waals surface area contributed by atoms with Gasteiger partial charge in [-0.25, -0.2) is 0 Å². The number of rotatable bonds is 6. The van der Waals surface area contributed by atoms with Crippen LogP contribution in [0.25, 0.3) is 0 Å².